The predicted octanol–water partition coefficient (Wildman–Crippen LogP) is 0.871. The molecule has 2 aromatic rings. The molecule has 1 aromatic heterocycles. The van der Waals surface area contributed by atoms with Crippen LogP contribution in [0.3, 0.4) is 0 Å². The largest absolute Gasteiger partial charge is 0.476 e. The number of carboxylic acids is 1. The van der Waals surface area contributed by atoms with Crippen LogP contribution >= 0.6 is 0 Å². The fraction of sp³-hybridized carbons (Fsp3) is 0.100. The van der Waals surface area contributed by atoms with E-state index >= 15 is 0 Å². The zero-order valence-electron chi connectivity index (χ0n) is 9.08. The number of rotatable bonds is 2. The molecule has 0 aliphatic carbocycles. The third-order valence-electron chi connectivity index (χ3n) is 2.27. The Morgan fingerprint density at radius 1 is 1.33 bits per heavy atom. The Kier molecular flexibility index (Phi) is 2.74. The average molecular weight is 270 g/mol. The van der Waals surface area contributed by atoms with Crippen LogP contribution < -0.4 is 0 Å². The minimum Gasteiger partial charge on any atom is -0.476 e. The number of sulfone groups is 1. The van der Waals surface area contributed by atoms with Crippen LogP contribution in [0.2, 0.25) is 0 Å². The lowest BCUT2D eigenvalue weighted by molar-refractivity contribution is 0.0685. The van der Waals surface area contributed by atoms with E-state index in [1.165, 1.54) is 12.1 Å². The minimum atomic E-state index is -3.87. The van der Waals surface area contributed by atoms with Crippen molar-refractivity contribution in [2.75, 3.05) is 6.26 Å². The second-order valence-electron chi connectivity index (χ2n) is 3.59. The maximum atomic E-state index is 13.4. The Balaban J connectivity index is 3.05. The summed E-state index contributed by atoms with van der Waals surface area (Å²) in [5.74, 6) is -2.30. The smallest absolute Gasteiger partial charge is 0.357 e. The Morgan fingerprint density at radius 3 is 2.56 bits per heavy atom. The molecule has 0 radical (unpaired) electrons. The molecule has 2 rings (SSSR count). The SMILES string of the molecule is CS(=O)(=O)c1c(C(=O)O)nnc2c(F)cccc12. The molecule has 0 aliphatic heterocycles. The maximum Gasteiger partial charge on any atom is 0.357 e. The van der Waals surface area contributed by atoms with E-state index in [0.29, 0.717) is 0 Å². The first-order valence-corrected chi connectivity index (χ1v) is 6.60. The maximum absolute atomic E-state index is 13.4. The van der Waals surface area contributed by atoms with E-state index in [9.17, 15) is 17.6 Å². The van der Waals surface area contributed by atoms with Gasteiger partial charge in [-0.25, -0.2) is 17.6 Å². The van der Waals surface area contributed by atoms with Crippen LogP contribution in [0.5, 0.6) is 0 Å². The summed E-state index contributed by atoms with van der Waals surface area (Å²) < 4.78 is 36.7. The molecule has 1 heterocycles. The van der Waals surface area contributed by atoms with Crippen LogP contribution in [-0.4, -0.2) is 35.9 Å². The van der Waals surface area contributed by atoms with Crippen molar-refractivity contribution in [2.45, 2.75) is 4.90 Å². The van der Waals surface area contributed by atoms with E-state index in [1.54, 1.807) is 0 Å². The summed E-state index contributed by atoms with van der Waals surface area (Å²) in [4.78, 5) is 10.4. The summed E-state index contributed by atoms with van der Waals surface area (Å²) in [6, 6.07) is 3.65. The number of carboxylic acid groups (broad SMARTS) is 1. The Morgan fingerprint density at radius 2 is 2.00 bits per heavy atom. The van der Waals surface area contributed by atoms with Crippen LogP contribution in [-0.2, 0) is 9.84 Å². The number of hydrogen-bond acceptors (Lipinski definition) is 5. The van der Waals surface area contributed by atoms with Gasteiger partial charge in [-0.1, -0.05) is 12.1 Å². The second kappa shape index (κ2) is 3.98. The molecule has 0 atom stereocenters. The lowest BCUT2D eigenvalue weighted by Crippen LogP contribution is -2.12. The second-order valence-corrected chi connectivity index (χ2v) is 5.54. The van der Waals surface area contributed by atoms with Crippen molar-refractivity contribution in [1.82, 2.24) is 10.2 Å². The van der Waals surface area contributed by atoms with Gasteiger partial charge in [0, 0.05) is 11.6 Å². The molecule has 0 bridgehead atoms. The van der Waals surface area contributed by atoms with Crippen LogP contribution in [0.4, 0.5) is 4.39 Å². The van der Waals surface area contributed by atoms with Gasteiger partial charge in [0.05, 0.1) is 0 Å². The molecule has 0 spiro atoms. The Labute approximate surface area is 101 Å². The van der Waals surface area contributed by atoms with Crippen molar-refractivity contribution in [3.05, 3.63) is 29.7 Å². The number of aromatic carboxylic acids is 1. The average Bonchev–Trinajstić information content (AvgIpc) is 2.26. The van der Waals surface area contributed by atoms with Crippen LogP contribution in [0.25, 0.3) is 10.9 Å². The molecule has 94 valence electrons. The van der Waals surface area contributed by atoms with Crippen LogP contribution in [0, 0.1) is 5.82 Å². The van der Waals surface area contributed by atoms with Crippen molar-refractivity contribution in [2.24, 2.45) is 0 Å². The summed E-state index contributed by atoms with van der Waals surface area (Å²) in [6.07, 6.45) is 0.834. The van der Waals surface area contributed by atoms with Gasteiger partial charge in [-0.15, -0.1) is 10.2 Å². The van der Waals surface area contributed by atoms with Gasteiger partial charge in [0.25, 0.3) is 0 Å². The molecule has 1 aromatic carbocycles. The first kappa shape index (κ1) is 12.4. The molecule has 18 heavy (non-hydrogen) atoms. The number of carbonyl (C=O) groups is 1. The van der Waals surface area contributed by atoms with E-state index in [4.69, 9.17) is 5.11 Å². The van der Waals surface area contributed by atoms with E-state index in [1.807, 2.05) is 0 Å². The fourth-order valence-electron chi connectivity index (χ4n) is 1.59. The predicted molar refractivity (Wildman–Crippen MR) is 59.6 cm³/mol. The zero-order valence-corrected chi connectivity index (χ0v) is 9.90. The molecule has 6 nitrogen and oxygen atoms in total. The number of aromatic nitrogens is 2. The summed E-state index contributed by atoms with van der Waals surface area (Å²) in [7, 11) is -3.87. The molecule has 0 saturated carbocycles. The van der Waals surface area contributed by atoms with E-state index in [-0.39, 0.29) is 10.9 Å². The highest BCUT2D eigenvalue weighted by atomic mass is 32.2. The summed E-state index contributed by atoms with van der Waals surface area (Å²) >= 11 is 0. The summed E-state index contributed by atoms with van der Waals surface area (Å²) in [5, 5.41) is 15.5. The van der Waals surface area contributed by atoms with Gasteiger partial charge < -0.3 is 5.11 Å². The normalized spacial score (nSPS) is 11.7. The molecular weight excluding hydrogens is 263 g/mol. The highest BCUT2D eigenvalue weighted by Gasteiger charge is 2.25. The van der Waals surface area contributed by atoms with E-state index in [0.717, 1.165) is 12.3 Å². The van der Waals surface area contributed by atoms with E-state index in [2.05, 4.69) is 10.2 Å². The van der Waals surface area contributed by atoms with E-state index < -0.39 is 32.2 Å². The molecule has 1 N–H and O–H groups in total. The molecular formula is C10H7FN2O4S. The van der Waals surface area contributed by atoms with Gasteiger partial charge in [0.15, 0.2) is 21.3 Å². The van der Waals surface area contributed by atoms with Crippen molar-refractivity contribution in [3.8, 4) is 0 Å². The summed E-state index contributed by atoms with van der Waals surface area (Å²) in [5.41, 5.74) is -0.987. The Bertz CT molecular complexity index is 758. The third-order valence-corrected chi connectivity index (χ3v) is 3.42. The molecule has 0 unspecified atom stereocenters. The van der Waals surface area contributed by atoms with Crippen molar-refractivity contribution < 1.29 is 22.7 Å². The van der Waals surface area contributed by atoms with Gasteiger partial charge in [-0.05, 0) is 6.07 Å². The van der Waals surface area contributed by atoms with Gasteiger partial charge in [0.1, 0.15) is 10.4 Å². The first-order chi connectivity index (χ1) is 8.32. The first-order valence-electron chi connectivity index (χ1n) is 4.70. The van der Waals surface area contributed by atoms with Gasteiger partial charge in [-0.3, -0.25) is 0 Å². The monoisotopic (exact) mass is 270 g/mol. The minimum absolute atomic E-state index is 0.0927. The van der Waals surface area contributed by atoms with Crippen molar-refractivity contribution in [3.63, 3.8) is 0 Å². The number of nitrogens with zero attached hydrogens (tertiary/aromatic N) is 2. The van der Waals surface area contributed by atoms with Crippen LogP contribution in [0.15, 0.2) is 23.1 Å². The molecule has 0 saturated heterocycles. The van der Waals surface area contributed by atoms with Gasteiger partial charge in [0.2, 0.25) is 0 Å². The molecule has 0 amide bonds. The van der Waals surface area contributed by atoms with Crippen LogP contribution in [0.1, 0.15) is 10.5 Å². The third kappa shape index (κ3) is 1.90. The summed E-state index contributed by atoms with van der Waals surface area (Å²) in [6.45, 7) is 0. The number of hydrogen-bond donors (Lipinski definition) is 1. The molecule has 0 fully saturated rings. The fourth-order valence-corrected chi connectivity index (χ4v) is 2.63. The van der Waals surface area contributed by atoms with Gasteiger partial charge >= 0.3 is 5.97 Å². The topological polar surface area (TPSA) is 97.2 Å². The van der Waals surface area contributed by atoms with Crippen molar-refractivity contribution >= 4 is 26.7 Å². The Hall–Kier alpha value is -2.09. The van der Waals surface area contributed by atoms with Gasteiger partial charge in [-0.2, -0.15) is 0 Å². The highest BCUT2D eigenvalue weighted by molar-refractivity contribution is 7.91. The lowest BCUT2D eigenvalue weighted by Gasteiger charge is -2.06. The lowest BCUT2D eigenvalue weighted by atomic mass is 10.2. The number of halogens is 1. The number of benzene rings is 1. The standard InChI is InChI=1S/C10H7FN2O4S/c1-18(16,17)9-5-3-2-4-6(11)7(5)12-13-8(9)10(14)15/h2-4H,1H3,(H,14,15). The quantitative estimate of drug-likeness (QED) is 0.869. The molecule has 8 heteroatoms. The van der Waals surface area contributed by atoms with Crippen molar-refractivity contribution in [1.29, 1.82) is 0 Å². The molecule has 0 aliphatic rings. The highest BCUT2D eigenvalue weighted by Crippen LogP contribution is 2.25. The zero-order chi connectivity index (χ0) is 13.5. The number of fused-ring (bicyclic) bond motifs is 1.